The van der Waals surface area contributed by atoms with Gasteiger partial charge in [0.25, 0.3) is 0 Å². The molecule has 0 aromatic heterocycles. The maximum atomic E-state index is 11.9. The first-order chi connectivity index (χ1) is 8.30. The molecule has 1 aromatic rings. The zero-order chi connectivity index (χ0) is 13.2. The fourth-order valence-electron chi connectivity index (χ4n) is 3.75. The van der Waals surface area contributed by atoms with Gasteiger partial charge in [-0.2, -0.15) is 0 Å². The summed E-state index contributed by atoms with van der Waals surface area (Å²) in [5.74, 6) is 0.474. The van der Waals surface area contributed by atoms with E-state index in [1.165, 1.54) is 11.1 Å². The van der Waals surface area contributed by atoms with Gasteiger partial charge >= 0.3 is 0 Å². The van der Waals surface area contributed by atoms with E-state index >= 15 is 0 Å². The first kappa shape index (κ1) is 12.0. The average Bonchev–Trinajstić information content (AvgIpc) is 2.86. The summed E-state index contributed by atoms with van der Waals surface area (Å²) in [6.07, 6.45) is 2.89. The molecule has 0 radical (unpaired) electrons. The van der Waals surface area contributed by atoms with Crippen molar-refractivity contribution in [2.24, 2.45) is 5.41 Å². The Labute approximate surface area is 110 Å². The van der Waals surface area contributed by atoms with Gasteiger partial charge in [-0.05, 0) is 29.4 Å². The monoisotopic (exact) mass is 242 g/mol. The molecule has 1 heteroatoms. The van der Waals surface area contributed by atoms with Crippen LogP contribution in [-0.2, 0) is 15.6 Å². The average molecular weight is 242 g/mol. The van der Waals surface area contributed by atoms with E-state index in [1.54, 1.807) is 0 Å². The molecule has 0 N–H and O–H groups in total. The maximum Gasteiger partial charge on any atom is 0.139 e. The minimum absolute atomic E-state index is 0.0454. The Kier molecular flexibility index (Phi) is 2.16. The lowest BCUT2D eigenvalue weighted by Crippen LogP contribution is -2.15. The highest BCUT2D eigenvalue weighted by Crippen LogP contribution is 2.71. The van der Waals surface area contributed by atoms with Gasteiger partial charge in [0, 0.05) is 17.3 Å². The molecule has 2 aliphatic rings. The van der Waals surface area contributed by atoms with Crippen molar-refractivity contribution in [2.75, 3.05) is 0 Å². The van der Waals surface area contributed by atoms with Crippen molar-refractivity contribution in [2.45, 2.75) is 57.8 Å². The van der Waals surface area contributed by atoms with E-state index in [9.17, 15) is 4.79 Å². The van der Waals surface area contributed by atoms with E-state index in [-0.39, 0.29) is 16.2 Å². The largest absolute Gasteiger partial charge is 0.299 e. The molecule has 2 unspecified atom stereocenters. The van der Waals surface area contributed by atoms with Gasteiger partial charge in [0.1, 0.15) is 5.78 Å². The second-order valence-corrected chi connectivity index (χ2v) is 7.34. The third kappa shape index (κ3) is 1.36. The van der Waals surface area contributed by atoms with Gasteiger partial charge in [0.2, 0.25) is 0 Å². The Bertz CT molecular complexity index is 501. The summed E-state index contributed by atoms with van der Waals surface area (Å²) in [5.41, 5.74) is 3.09. The van der Waals surface area contributed by atoms with E-state index in [2.05, 4.69) is 52.0 Å². The zero-order valence-electron chi connectivity index (χ0n) is 11.8. The topological polar surface area (TPSA) is 17.1 Å². The summed E-state index contributed by atoms with van der Waals surface area (Å²) >= 11 is 0. The summed E-state index contributed by atoms with van der Waals surface area (Å²) in [7, 11) is 0. The number of carbonyl (C=O) groups excluding carboxylic acids is 1. The predicted molar refractivity (Wildman–Crippen MR) is 73.8 cm³/mol. The van der Waals surface area contributed by atoms with Gasteiger partial charge in [-0.1, -0.05) is 52.0 Å². The second-order valence-electron chi connectivity index (χ2n) is 7.34. The number of rotatable bonds is 1. The number of ketones is 1. The smallest absolute Gasteiger partial charge is 0.139 e. The number of fused-ring (bicyclic) bond motifs is 1. The van der Waals surface area contributed by atoms with Crippen LogP contribution in [0.5, 0.6) is 0 Å². The van der Waals surface area contributed by atoms with Crippen molar-refractivity contribution in [1.29, 1.82) is 0 Å². The Balaban J connectivity index is 1.94. The van der Waals surface area contributed by atoms with Crippen LogP contribution in [0.25, 0.3) is 0 Å². The Hall–Kier alpha value is -1.11. The van der Waals surface area contributed by atoms with E-state index in [4.69, 9.17) is 0 Å². The first-order valence-corrected chi connectivity index (χ1v) is 6.94. The predicted octanol–water partition coefficient (Wildman–Crippen LogP) is 3.99. The van der Waals surface area contributed by atoms with Crippen molar-refractivity contribution in [3.63, 3.8) is 0 Å². The summed E-state index contributed by atoms with van der Waals surface area (Å²) < 4.78 is 0. The van der Waals surface area contributed by atoms with E-state index in [0.29, 0.717) is 5.78 Å². The molecule has 0 heterocycles. The fourth-order valence-corrected chi connectivity index (χ4v) is 3.75. The molecule has 1 nitrogen and oxygen atoms in total. The molecule has 2 atom stereocenters. The SMILES string of the molecule is CC(C)(C)c1ccc(C23CCC(=O)C2(C)C3)cc1. The molecule has 2 aliphatic carbocycles. The number of hydrogen-bond acceptors (Lipinski definition) is 1. The highest BCUT2D eigenvalue weighted by Gasteiger charge is 2.71. The lowest BCUT2D eigenvalue weighted by Gasteiger charge is -2.21. The van der Waals surface area contributed by atoms with Gasteiger partial charge in [0.05, 0.1) is 0 Å². The van der Waals surface area contributed by atoms with Crippen LogP contribution in [0.2, 0.25) is 0 Å². The van der Waals surface area contributed by atoms with Gasteiger partial charge in [-0.25, -0.2) is 0 Å². The highest BCUT2D eigenvalue weighted by atomic mass is 16.1. The van der Waals surface area contributed by atoms with Crippen LogP contribution in [-0.4, -0.2) is 5.78 Å². The van der Waals surface area contributed by atoms with Gasteiger partial charge in [-0.3, -0.25) is 4.79 Å². The Morgan fingerprint density at radius 3 is 2.11 bits per heavy atom. The molecular formula is C17H22O. The molecule has 0 spiro atoms. The normalized spacial score (nSPS) is 34.6. The Morgan fingerprint density at radius 2 is 1.72 bits per heavy atom. The molecule has 3 rings (SSSR count). The van der Waals surface area contributed by atoms with Gasteiger partial charge in [0.15, 0.2) is 0 Å². The first-order valence-electron chi connectivity index (χ1n) is 6.94. The third-order valence-electron chi connectivity index (χ3n) is 5.28. The molecule has 2 fully saturated rings. The van der Waals surface area contributed by atoms with Gasteiger partial charge in [-0.15, -0.1) is 0 Å². The molecular weight excluding hydrogens is 220 g/mol. The highest BCUT2D eigenvalue weighted by molar-refractivity contribution is 5.93. The number of benzene rings is 1. The van der Waals surface area contributed by atoms with Crippen LogP contribution in [0.15, 0.2) is 24.3 Å². The summed E-state index contributed by atoms with van der Waals surface area (Å²) in [4.78, 5) is 11.9. The fraction of sp³-hybridized carbons (Fsp3) is 0.588. The molecule has 0 aliphatic heterocycles. The van der Waals surface area contributed by atoms with Crippen LogP contribution in [0.4, 0.5) is 0 Å². The van der Waals surface area contributed by atoms with Crippen molar-refractivity contribution in [3.05, 3.63) is 35.4 Å². The van der Waals surface area contributed by atoms with E-state index in [1.807, 2.05) is 0 Å². The lowest BCUT2D eigenvalue weighted by molar-refractivity contribution is -0.122. The zero-order valence-corrected chi connectivity index (χ0v) is 11.8. The Morgan fingerprint density at radius 1 is 1.11 bits per heavy atom. The summed E-state index contributed by atoms with van der Waals surface area (Å²) in [6, 6.07) is 8.99. The van der Waals surface area contributed by atoms with Crippen LogP contribution in [0.1, 0.15) is 58.1 Å². The molecule has 96 valence electrons. The number of Topliss-reactive ketones (excluding diaryl/α,β-unsaturated/α-hetero) is 1. The van der Waals surface area contributed by atoms with Crippen LogP contribution in [0, 0.1) is 5.41 Å². The molecule has 1 aromatic carbocycles. The lowest BCUT2D eigenvalue weighted by atomic mass is 9.83. The minimum atomic E-state index is -0.0454. The van der Waals surface area contributed by atoms with E-state index in [0.717, 1.165) is 19.3 Å². The van der Waals surface area contributed by atoms with Crippen molar-refractivity contribution in [3.8, 4) is 0 Å². The maximum absolute atomic E-state index is 11.9. The third-order valence-corrected chi connectivity index (χ3v) is 5.28. The molecule has 18 heavy (non-hydrogen) atoms. The van der Waals surface area contributed by atoms with Crippen molar-refractivity contribution in [1.82, 2.24) is 0 Å². The molecule has 0 amide bonds. The van der Waals surface area contributed by atoms with Crippen LogP contribution in [0.3, 0.4) is 0 Å². The summed E-state index contributed by atoms with van der Waals surface area (Å²) in [6.45, 7) is 8.86. The standard InChI is InChI=1S/C17H22O/c1-15(2,3)12-5-7-13(8-6-12)17-10-9-14(18)16(17,4)11-17/h5-8H,9-11H2,1-4H3. The second kappa shape index (κ2) is 3.26. The van der Waals surface area contributed by atoms with E-state index < -0.39 is 0 Å². The van der Waals surface area contributed by atoms with Crippen LogP contribution < -0.4 is 0 Å². The van der Waals surface area contributed by atoms with Crippen molar-refractivity contribution < 1.29 is 4.79 Å². The molecule has 2 saturated carbocycles. The van der Waals surface area contributed by atoms with Crippen molar-refractivity contribution >= 4 is 5.78 Å². The van der Waals surface area contributed by atoms with Gasteiger partial charge < -0.3 is 0 Å². The van der Waals surface area contributed by atoms with Crippen LogP contribution >= 0.6 is 0 Å². The number of carbonyl (C=O) groups is 1. The quantitative estimate of drug-likeness (QED) is 0.727. The summed E-state index contributed by atoms with van der Waals surface area (Å²) in [5, 5.41) is 0. The molecule has 0 bridgehead atoms. The number of hydrogen-bond donors (Lipinski definition) is 0. The molecule has 0 saturated heterocycles. The minimum Gasteiger partial charge on any atom is -0.299 e.